The lowest BCUT2D eigenvalue weighted by Gasteiger charge is -2.36. The Kier molecular flexibility index (Phi) is 5.86. The fraction of sp³-hybridized carbons (Fsp3) is 0.400. The molecule has 5 rings (SSSR count). The number of rotatable bonds is 4. The van der Waals surface area contributed by atoms with Crippen molar-refractivity contribution in [2.75, 3.05) is 30.3 Å². The van der Waals surface area contributed by atoms with Crippen molar-refractivity contribution in [2.45, 2.75) is 45.6 Å². The zero-order valence-corrected chi connectivity index (χ0v) is 19.1. The van der Waals surface area contributed by atoms with Crippen molar-refractivity contribution in [2.24, 2.45) is 0 Å². The van der Waals surface area contributed by atoms with Crippen LogP contribution in [0.1, 0.15) is 30.7 Å². The van der Waals surface area contributed by atoms with Gasteiger partial charge in [-0.3, -0.25) is 9.69 Å². The number of fused-ring (bicyclic) bond motifs is 1. The van der Waals surface area contributed by atoms with Gasteiger partial charge in [0.15, 0.2) is 0 Å². The van der Waals surface area contributed by atoms with Crippen LogP contribution in [0.15, 0.2) is 47.4 Å². The van der Waals surface area contributed by atoms with Crippen molar-refractivity contribution in [3.8, 4) is 11.4 Å². The van der Waals surface area contributed by atoms with E-state index < -0.39 is 0 Å². The summed E-state index contributed by atoms with van der Waals surface area (Å²) in [5.41, 5.74) is 10.0. The molecule has 0 amide bonds. The van der Waals surface area contributed by atoms with Crippen molar-refractivity contribution in [1.82, 2.24) is 19.9 Å². The van der Waals surface area contributed by atoms with Crippen LogP contribution in [-0.2, 0) is 24.2 Å². The van der Waals surface area contributed by atoms with Gasteiger partial charge in [0.05, 0.1) is 23.5 Å². The first-order valence-corrected chi connectivity index (χ1v) is 11.5. The molecule has 3 N–H and O–H groups in total. The summed E-state index contributed by atoms with van der Waals surface area (Å²) in [7, 11) is 0. The van der Waals surface area contributed by atoms with Gasteiger partial charge in [-0.25, -0.2) is 9.97 Å². The van der Waals surface area contributed by atoms with Gasteiger partial charge >= 0.3 is 0 Å². The van der Waals surface area contributed by atoms with Crippen LogP contribution >= 0.6 is 0 Å². The maximum atomic E-state index is 12.8. The highest BCUT2D eigenvalue weighted by atomic mass is 16.5. The molecular weight excluding hydrogens is 416 g/mol. The number of aromatic nitrogens is 3. The second-order valence-corrected chi connectivity index (χ2v) is 9.11. The highest BCUT2D eigenvalue weighted by molar-refractivity contribution is 5.58. The molecule has 33 heavy (non-hydrogen) atoms. The number of nitrogen functional groups attached to an aromatic ring is 1. The number of nitrogens with one attached hydrogen (secondary N) is 1. The Labute approximate surface area is 193 Å². The van der Waals surface area contributed by atoms with Crippen molar-refractivity contribution < 1.29 is 4.74 Å². The first-order valence-electron chi connectivity index (χ1n) is 11.5. The van der Waals surface area contributed by atoms with Crippen molar-refractivity contribution in [3.63, 3.8) is 0 Å². The Morgan fingerprint density at radius 2 is 1.88 bits per heavy atom. The van der Waals surface area contributed by atoms with Crippen LogP contribution in [0.4, 0.5) is 11.5 Å². The molecule has 1 fully saturated rings. The molecule has 2 aliphatic heterocycles. The highest BCUT2D eigenvalue weighted by Crippen LogP contribution is 2.22. The van der Waals surface area contributed by atoms with E-state index in [-0.39, 0.29) is 17.8 Å². The topological polar surface area (TPSA) is 100 Å². The van der Waals surface area contributed by atoms with E-state index in [1.165, 1.54) is 0 Å². The van der Waals surface area contributed by atoms with Gasteiger partial charge in [0, 0.05) is 56.6 Å². The summed E-state index contributed by atoms with van der Waals surface area (Å²) >= 11 is 0. The fourth-order valence-corrected chi connectivity index (χ4v) is 4.71. The number of hydrogen-bond acceptors (Lipinski definition) is 7. The molecule has 0 radical (unpaired) electrons. The zero-order chi connectivity index (χ0) is 22.9. The van der Waals surface area contributed by atoms with Crippen LogP contribution in [0.2, 0.25) is 0 Å². The van der Waals surface area contributed by atoms with Crippen molar-refractivity contribution >= 4 is 11.5 Å². The van der Waals surface area contributed by atoms with Gasteiger partial charge in [0.2, 0.25) is 0 Å². The summed E-state index contributed by atoms with van der Waals surface area (Å²) in [6.45, 7) is 8.09. The average Bonchev–Trinajstić information content (AvgIpc) is 2.80. The molecule has 172 valence electrons. The largest absolute Gasteiger partial charge is 0.399 e. The molecule has 1 aromatic carbocycles. The third kappa shape index (κ3) is 4.77. The molecule has 2 atom stereocenters. The number of pyridine rings is 1. The number of aromatic amines is 1. The molecule has 1 saturated heterocycles. The van der Waals surface area contributed by atoms with E-state index in [9.17, 15) is 4.79 Å². The predicted molar refractivity (Wildman–Crippen MR) is 129 cm³/mol. The number of nitrogens with zero attached hydrogens (tertiary/aromatic N) is 4. The average molecular weight is 447 g/mol. The minimum absolute atomic E-state index is 0.0689. The van der Waals surface area contributed by atoms with Gasteiger partial charge in [0.1, 0.15) is 11.6 Å². The number of benzene rings is 1. The summed E-state index contributed by atoms with van der Waals surface area (Å²) in [6, 6.07) is 11.6. The molecule has 4 heterocycles. The Morgan fingerprint density at radius 3 is 2.58 bits per heavy atom. The van der Waals surface area contributed by atoms with Crippen molar-refractivity contribution in [3.05, 3.63) is 69.8 Å². The third-order valence-electron chi connectivity index (χ3n) is 6.29. The summed E-state index contributed by atoms with van der Waals surface area (Å²) in [5, 5.41) is 0. The number of nitrogens with two attached hydrogens (primary N) is 1. The zero-order valence-electron chi connectivity index (χ0n) is 19.1. The van der Waals surface area contributed by atoms with Gasteiger partial charge < -0.3 is 20.4 Å². The molecule has 8 heteroatoms. The highest BCUT2D eigenvalue weighted by Gasteiger charge is 2.24. The first-order chi connectivity index (χ1) is 15.9. The quantitative estimate of drug-likeness (QED) is 0.594. The standard InChI is InChI=1S/C25H30N6O2/c1-16-12-31(13-17(2)33-16)23-8-3-18(11-27-23)14-30-10-9-22-21(15-30)25(32)29-24(28-22)19-4-6-20(26)7-5-19/h3-8,11,16-17H,9-10,12-15,26H2,1-2H3,(H,28,29,32). The van der Waals surface area contributed by atoms with Gasteiger partial charge in [-0.05, 0) is 49.7 Å². The Hall–Kier alpha value is -3.23. The van der Waals surface area contributed by atoms with Gasteiger partial charge in [-0.2, -0.15) is 0 Å². The lowest BCUT2D eigenvalue weighted by atomic mass is 10.1. The Bertz CT molecular complexity index is 1160. The maximum absolute atomic E-state index is 12.8. The van der Waals surface area contributed by atoms with E-state index >= 15 is 0 Å². The van der Waals surface area contributed by atoms with Crippen LogP contribution in [-0.4, -0.2) is 51.7 Å². The van der Waals surface area contributed by atoms with E-state index in [4.69, 9.17) is 20.4 Å². The molecule has 0 saturated carbocycles. The number of ether oxygens (including phenoxy) is 1. The number of hydrogen-bond donors (Lipinski definition) is 2. The normalized spacial score (nSPS) is 21.1. The lowest BCUT2D eigenvalue weighted by Crippen LogP contribution is -2.45. The molecule has 0 bridgehead atoms. The molecular formula is C25H30N6O2. The minimum Gasteiger partial charge on any atom is -0.399 e. The van der Waals surface area contributed by atoms with E-state index in [2.05, 4.69) is 40.8 Å². The van der Waals surface area contributed by atoms with Gasteiger partial charge in [0.25, 0.3) is 5.56 Å². The molecule has 2 aliphatic rings. The van der Waals surface area contributed by atoms with Crippen LogP contribution in [0.3, 0.4) is 0 Å². The van der Waals surface area contributed by atoms with E-state index in [1.807, 2.05) is 30.5 Å². The summed E-state index contributed by atoms with van der Waals surface area (Å²) < 4.78 is 5.82. The Morgan fingerprint density at radius 1 is 1.12 bits per heavy atom. The predicted octanol–water partition coefficient (Wildman–Crippen LogP) is 2.59. The summed E-state index contributed by atoms with van der Waals surface area (Å²) in [5.74, 6) is 1.58. The van der Waals surface area contributed by atoms with Gasteiger partial charge in [-0.15, -0.1) is 0 Å². The second-order valence-electron chi connectivity index (χ2n) is 9.11. The van der Waals surface area contributed by atoms with Crippen LogP contribution < -0.4 is 16.2 Å². The van der Waals surface area contributed by atoms with E-state index in [0.717, 1.165) is 60.8 Å². The second kappa shape index (κ2) is 8.96. The number of anilines is 2. The smallest absolute Gasteiger partial charge is 0.255 e. The molecule has 0 aliphatic carbocycles. The van der Waals surface area contributed by atoms with E-state index in [1.54, 1.807) is 0 Å². The molecule has 3 aromatic rings. The van der Waals surface area contributed by atoms with Gasteiger partial charge in [-0.1, -0.05) is 6.07 Å². The summed E-state index contributed by atoms with van der Waals surface area (Å²) in [6.07, 6.45) is 3.10. The molecule has 2 unspecified atom stereocenters. The fourth-order valence-electron chi connectivity index (χ4n) is 4.71. The van der Waals surface area contributed by atoms with Crippen LogP contribution in [0, 0.1) is 0 Å². The SMILES string of the molecule is CC1CN(c2ccc(CN3CCc4nc(-c5ccc(N)cc5)[nH]c(=O)c4C3)cn2)CC(C)O1. The van der Waals surface area contributed by atoms with Crippen LogP contribution in [0.5, 0.6) is 0 Å². The third-order valence-corrected chi connectivity index (χ3v) is 6.29. The lowest BCUT2D eigenvalue weighted by molar-refractivity contribution is -0.00546. The summed E-state index contributed by atoms with van der Waals surface area (Å²) in [4.78, 5) is 29.8. The minimum atomic E-state index is -0.0689. The van der Waals surface area contributed by atoms with Crippen LogP contribution in [0.25, 0.3) is 11.4 Å². The number of morpholine rings is 1. The van der Waals surface area contributed by atoms with Crippen molar-refractivity contribution in [1.29, 1.82) is 0 Å². The number of H-pyrrole nitrogens is 1. The molecule has 8 nitrogen and oxygen atoms in total. The van der Waals surface area contributed by atoms with E-state index in [0.29, 0.717) is 18.1 Å². The molecule has 0 spiro atoms. The Balaban J connectivity index is 1.27. The first kappa shape index (κ1) is 21.6. The maximum Gasteiger partial charge on any atom is 0.255 e. The monoisotopic (exact) mass is 446 g/mol. The molecule has 2 aromatic heterocycles.